The van der Waals surface area contributed by atoms with E-state index in [0.29, 0.717) is 17.6 Å². The minimum absolute atomic E-state index is 0. The van der Waals surface area contributed by atoms with E-state index in [9.17, 15) is 4.79 Å². The standard InChI is InChI=1S/C18H23N5O.2ClH/c1-13-16(11-21-23(13)17-6-2-3-9-20-17)18(24)22(15-7-8-15)12-14-5-4-10-19-14;;/h2-3,6,9,11,14-15,19H,4-5,7-8,10,12H2,1H3;2*1H. The summed E-state index contributed by atoms with van der Waals surface area (Å²) in [6.07, 6.45) is 8.01. The van der Waals surface area contributed by atoms with Gasteiger partial charge in [-0.05, 0) is 51.3 Å². The van der Waals surface area contributed by atoms with Crippen LogP contribution in [0.15, 0.2) is 30.6 Å². The maximum absolute atomic E-state index is 13.1. The minimum Gasteiger partial charge on any atom is -0.334 e. The molecule has 142 valence electrons. The highest BCUT2D eigenvalue weighted by Crippen LogP contribution is 2.30. The summed E-state index contributed by atoms with van der Waals surface area (Å²) in [7, 11) is 0. The number of carbonyl (C=O) groups excluding carboxylic acids is 1. The van der Waals surface area contributed by atoms with E-state index in [-0.39, 0.29) is 30.7 Å². The summed E-state index contributed by atoms with van der Waals surface area (Å²) in [6, 6.07) is 6.53. The van der Waals surface area contributed by atoms with Gasteiger partial charge in [-0.15, -0.1) is 24.8 Å². The average molecular weight is 398 g/mol. The fraction of sp³-hybridized carbons (Fsp3) is 0.500. The van der Waals surface area contributed by atoms with Crippen LogP contribution in [0, 0.1) is 6.92 Å². The summed E-state index contributed by atoms with van der Waals surface area (Å²) >= 11 is 0. The summed E-state index contributed by atoms with van der Waals surface area (Å²) in [6.45, 7) is 3.81. The Morgan fingerprint density at radius 3 is 2.73 bits per heavy atom. The van der Waals surface area contributed by atoms with E-state index in [1.54, 1.807) is 17.1 Å². The van der Waals surface area contributed by atoms with E-state index in [2.05, 4.69) is 20.3 Å². The molecule has 26 heavy (non-hydrogen) atoms. The predicted molar refractivity (Wildman–Crippen MR) is 106 cm³/mol. The number of hydrogen-bond donors (Lipinski definition) is 1. The first kappa shape index (κ1) is 20.7. The summed E-state index contributed by atoms with van der Waals surface area (Å²) in [4.78, 5) is 19.5. The van der Waals surface area contributed by atoms with Crippen molar-refractivity contribution in [3.8, 4) is 5.82 Å². The molecule has 1 saturated heterocycles. The van der Waals surface area contributed by atoms with Crippen LogP contribution < -0.4 is 5.32 Å². The van der Waals surface area contributed by atoms with Crippen LogP contribution >= 0.6 is 24.8 Å². The van der Waals surface area contributed by atoms with Crippen molar-refractivity contribution in [1.82, 2.24) is 25.0 Å². The van der Waals surface area contributed by atoms with Crippen LogP contribution in [0.25, 0.3) is 5.82 Å². The van der Waals surface area contributed by atoms with E-state index in [4.69, 9.17) is 0 Å². The molecule has 4 rings (SSSR count). The Kier molecular flexibility index (Phi) is 7.03. The number of rotatable bonds is 5. The molecule has 0 bridgehead atoms. The summed E-state index contributed by atoms with van der Waals surface area (Å²) in [5, 5.41) is 7.89. The molecule has 2 fully saturated rings. The molecule has 6 nitrogen and oxygen atoms in total. The van der Waals surface area contributed by atoms with Gasteiger partial charge >= 0.3 is 0 Å². The number of hydrogen-bond acceptors (Lipinski definition) is 4. The fourth-order valence-corrected chi connectivity index (χ4v) is 3.42. The second-order valence-corrected chi connectivity index (χ2v) is 6.73. The zero-order chi connectivity index (χ0) is 16.5. The maximum Gasteiger partial charge on any atom is 0.257 e. The van der Waals surface area contributed by atoms with Gasteiger partial charge in [0.25, 0.3) is 5.91 Å². The monoisotopic (exact) mass is 397 g/mol. The van der Waals surface area contributed by atoms with Crippen molar-refractivity contribution >= 4 is 30.7 Å². The van der Waals surface area contributed by atoms with Crippen molar-refractivity contribution in [2.75, 3.05) is 13.1 Å². The van der Waals surface area contributed by atoms with Gasteiger partial charge in [-0.25, -0.2) is 9.67 Å². The Bertz CT molecular complexity index is 726. The third kappa shape index (κ3) is 4.19. The van der Waals surface area contributed by atoms with Crippen molar-refractivity contribution in [3.05, 3.63) is 41.9 Å². The number of nitrogens with zero attached hydrogens (tertiary/aromatic N) is 4. The molecule has 0 spiro atoms. The molecule has 1 saturated carbocycles. The SMILES string of the molecule is Cc1c(C(=O)N(CC2CCCN2)C2CC2)cnn1-c1ccccn1.Cl.Cl. The lowest BCUT2D eigenvalue weighted by atomic mass is 10.1. The molecule has 0 aromatic carbocycles. The Morgan fingerprint density at radius 1 is 1.31 bits per heavy atom. The third-order valence-electron chi connectivity index (χ3n) is 4.93. The first-order valence-electron chi connectivity index (χ1n) is 8.74. The average Bonchev–Trinajstić information content (AvgIpc) is 3.17. The molecular formula is C18H25Cl2N5O. The van der Waals surface area contributed by atoms with Crippen LogP contribution in [0.3, 0.4) is 0 Å². The quantitative estimate of drug-likeness (QED) is 0.842. The zero-order valence-corrected chi connectivity index (χ0v) is 16.4. The van der Waals surface area contributed by atoms with E-state index < -0.39 is 0 Å². The number of aromatic nitrogens is 3. The van der Waals surface area contributed by atoms with Crippen molar-refractivity contribution in [2.45, 2.75) is 44.7 Å². The van der Waals surface area contributed by atoms with Crippen LogP contribution in [-0.4, -0.2) is 50.7 Å². The number of carbonyl (C=O) groups is 1. The normalized spacial score (nSPS) is 18.7. The van der Waals surface area contributed by atoms with Gasteiger partial charge < -0.3 is 10.2 Å². The summed E-state index contributed by atoms with van der Waals surface area (Å²) in [5.41, 5.74) is 1.54. The number of nitrogens with one attached hydrogen (secondary N) is 1. The Morgan fingerprint density at radius 2 is 2.12 bits per heavy atom. The molecule has 1 aliphatic carbocycles. The van der Waals surface area contributed by atoms with Gasteiger partial charge in [-0.1, -0.05) is 6.07 Å². The lowest BCUT2D eigenvalue weighted by Crippen LogP contribution is -2.42. The number of pyridine rings is 1. The van der Waals surface area contributed by atoms with Gasteiger partial charge in [0.1, 0.15) is 0 Å². The Balaban J connectivity index is 0.00000121. The number of amides is 1. The molecule has 1 N–H and O–H groups in total. The van der Waals surface area contributed by atoms with Crippen molar-refractivity contribution in [3.63, 3.8) is 0 Å². The summed E-state index contributed by atoms with van der Waals surface area (Å²) < 4.78 is 1.74. The molecule has 1 unspecified atom stereocenters. The smallest absolute Gasteiger partial charge is 0.257 e. The zero-order valence-electron chi connectivity index (χ0n) is 14.8. The van der Waals surface area contributed by atoms with Crippen molar-refractivity contribution < 1.29 is 4.79 Å². The first-order valence-corrected chi connectivity index (χ1v) is 8.74. The Hall–Kier alpha value is -1.63. The highest BCUT2D eigenvalue weighted by atomic mass is 35.5. The molecule has 2 aromatic heterocycles. The van der Waals surface area contributed by atoms with Crippen LogP contribution in [0.4, 0.5) is 0 Å². The lowest BCUT2D eigenvalue weighted by Gasteiger charge is -2.25. The second kappa shape index (κ2) is 8.84. The molecule has 1 atom stereocenters. The van der Waals surface area contributed by atoms with Crippen LogP contribution in [-0.2, 0) is 0 Å². The molecule has 8 heteroatoms. The van der Waals surface area contributed by atoms with E-state index in [1.807, 2.05) is 25.1 Å². The third-order valence-corrected chi connectivity index (χ3v) is 4.93. The fourth-order valence-electron chi connectivity index (χ4n) is 3.42. The molecule has 0 radical (unpaired) electrons. The van der Waals surface area contributed by atoms with E-state index in [1.165, 1.54) is 6.42 Å². The van der Waals surface area contributed by atoms with Crippen molar-refractivity contribution in [1.29, 1.82) is 0 Å². The highest BCUT2D eigenvalue weighted by molar-refractivity contribution is 5.95. The molecule has 2 aliphatic rings. The predicted octanol–water partition coefficient (Wildman–Crippen LogP) is 2.78. The van der Waals surface area contributed by atoms with Crippen molar-refractivity contribution in [2.24, 2.45) is 0 Å². The van der Waals surface area contributed by atoms with Gasteiger partial charge in [0.15, 0.2) is 5.82 Å². The highest BCUT2D eigenvalue weighted by Gasteiger charge is 2.36. The topological polar surface area (TPSA) is 63.1 Å². The van der Waals surface area contributed by atoms with E-state index >= 15 is 0 Å². The van der Waals surface area contributed by atoms with Gasteiger partial charge in [-0.3, -0.25) is 4.79 Å². The van der Waals surface area contributed by atoms with Crippen LogP contribution in [0.1, 0.15) is 41.7 Å². The lowest BCUT2D eigenvalue weighted by molar-refractivity contribution is 0.0728. The van der Waals surface area contributed by atoms with Gasteiger partial charge in [0.05, 0.1) is 17.5 Å². The molecule has 2 aromatic rings. The van der Waals surface area contributed by atoms with E-state index in [0.717, 1.165) is 43.9 Å². The van der Waals surface area contributed by atoms with Gasteiger partial charge in [0, 0.05) is 24.8 Å². The molecule has 1 amide bonds. The Labute approximate surface area is 166 Å². The first-order chi connectivity index (χ1) is 11.7. The number of halogens is 2. The molecular weight excluding hydrogens is 373 g/mol. The molecule has 3 heterocycles. The van der Waals surface area contributed by atoms with Gasteiger partial charge in [0.2, 0.25) is 0 Å². The van der Waals surface area contributed by atoms with Gasteiger partial charge in [-0.2, -0.15) is 5.10 Å². The summed E-state index contributed by atoms with van der Waals surface area (Å²) in [5.74, 6) is 0.843. The largest absolute Gasteiger partial charge is 0.334 e. The van der Waals surface area contributed by atoms with Crippen LogP contribution in [0.2, 0.25) is 0 Å². The second-order valence-electron chi connectivity index (χ2n) is 6.73. The van der Waals surface area contributed by atoms with Crippen LogP contribution in [0.5, 0.6) is 0 Å². The molecule has 1 aliphatic heterocycles. The maximum atomic E-state index is 13.1. The minimum atomic E-state index is 0.